The van der Waals surface area contributed by atoms with E-state index in [1.54, 1.807) is 12.1 Å². The molecule has 0 aliphatic carbocycles. The molecule has 0 bridgehead atoms. The maximum atomic E-state index is 12.3. The molecule has 2 N–H and O–H groups in total. The van der Waals surface area contributed by atoms with Crippen LogP contribution in [-0.2, 0) is 4.79 Å². The number of carbonyl (C=O) groups is 2. The van der Waals surface area contributed by atoms with Crippen molar-refractivity contribution in [1.82, 2.24) is 15.5 Å². The van der Waals surface area contributed by atoms with Gasteiger partial charge >= 0.3 is 0 Å². The van der Waals surface area contributed by atoms with Crippen LogP contribution in [0.15, 0.2) is 48.5 Å². The normalized spacial score (nSPS) is 11.9. The van der Waals surface area contributed by atoms with E-state index in [2.05, 4.69) is 29.4 Å². The molecule has 150 valence electrons. The zero-order chi connectivity index (χ0) is 20.5. The summed E-state index contributed by atoms with van der Waals surface area (Å²) >= 11 is 6.38. The summed E-state index contributed by atoms with van der Waals surface area (Å²) in [4.78, 5) is 26.7. The minimum absolute atomic E-state index is 0.0274. The molecule has 2 aromatic rings. The lowest BCUT2D eigenvalue weighted by Crippen LogP contribution is -2.42. The second-order valence-electron chi connectivity index (χ2n) is 6.61. The van der Waals surface area contributed by atoms with E-state index in [0.717, 1.165) is 24.2 Å². The van der Waals surface area contributed by atoms with E-state index in [1.165, 1.54) is 0 Å². The first-order chi connectivity index (χ1) is 13.5. The molecule has 5 nitrogen and oxygen atoms in total. The third kappa shape index (κ3) is 6.08. The van der Waals surface area contributed by atoms with Crippen LogP contribution >= 0.6 is 11.6 Å². The fraction of sp³-hybridized carbons (Fsp3) is 0.364. The molecule has 0 aromatic heterocycles. The Hall–Kier alpha value is -2.37. The minimum atomic E-state index is -0.262. The second kappa shape index (κ2) is 10.8. The summed E-state index contributed by atoms with van der Waals surface area (Å²) in [6.45, 7) is 8.15. The first-order valence-electron chi connectivity index (χ1n) is 9.56. The molecule has 28 heavy (non-hydrogen) atoms. The molecule has 6 heteroatoms. The highest BCUT2D eigenvalue weighted by Crippen LogP contribution is 2.26. The molecule has 2 amide bonds. The lowest BCUT2D eigenvalue weighted by molar-refractivity contribution is -0.120. The van der Waals surface area contributed by atoms with Crippen LogP contribution in [0.25, 0.3) is 0 Å². The molecule has 0 spiro atoms. The largest absolute Gasteiger partial charge is 0.353 e. The van der Waals surface area contributed by atoms with E-state index in [0.29, 0.717) is 17.1 Å². The van der Waals surface area contributed by atoms with Crippen LogP contribution in [0.5, 0.6) is 0 Å². The summed E-state index contributed by atoms with van der Waals surface area (Å²) in [7, 11) is 0. The Balaban J connectivity index is 1.94. The highest BCUT2D eigenvalue weighted by molar-refractivity contribution is 6.31. The molecule has 0 saturated heterocycles. The van der Waals surface area contributed by atoms with Crippen molar-refractivity contribution in [2.24, 2.45) is 0 Å². The van der Waals surface area contributed by atoms with E-state index in [9.17, 15) is 9.59 Å². The fourth-order valence-corrected chi connectivity index (χ4v) is 3.35. The van der Waals surface area contributed by atoms with Crippen molar-refractivity contribution in [3.05, 3.63) is 70.2 Å². The molecule has 1 unspecified atom stereocenters. The molecule has 0 heterocycles. The van der Waals surface area contributed by atoms with Gasteiger partial charge in [0.25, 0.3) is 5.91 Å². The van der Waals surface area contributed by atoms with Crippen molar-refractivity contribution in [3.63, 3.8) is 0 Å². The van der Waals surface area contributed by atoms with Gasteiger partial charge < -0.3 is 10.6 Å². The summed E-state index contributed by atoms with van der Waals surface area (Å²) in [6, 6.07) is 14.9. The van der Waals surface area contributed by atoms with E-state index in [-0.39, 0.29) is 24.4 Å². The van der Waals surface area contributed by atoms with Crippen LogP contribution in [0, 0.1) is 6.92 Å². The molecule has 0 aliphatic heterocycles. The number of amides is 2. The van der Waals surface area contributed by atoms with Crippen LogP contribution in [-0.4, -0.2) is 42.9 Å². The molecule has 0 fully saturated rings. The Bertz CT molecular complexity index is 789. The highest BCUT2D eigenvalue weighted by atomic mass is 35.5. The summed E-state index contributed by atoms with van der Waals surface area (Å²) in [5, 5.41) is 6.26. The monoisotopic (exact) mass is 401 g/mol. The van der Waals surface area contributed by atoms with Gasteiger partial charge in [-0.2, -0.15) is 0 Å². The van der Waals surface area contributed by atoms with Crippen molar-refractivity contribution >= 4 is 23.4 Å². The van der Waals surface area contributed by atoms with Crippen LogP contribution in [0.3, 0.4) is 0 Å². The van der Waals surface area contributed by atoms with Gasteiger partial charge in [0.2, 0.25) is 5.91 Å². The van der Waals surface area contributed by atoms with Crippen LogP contribution in [0.4, 0.5) is 0 Å². The molecular weight excluding hydrogens is 374 g/mol. The minimum Gasteiger partial charge on any atom is -0.353 e. The lowest BCUT2D eigenvalue weighted by atomic mass is 10.0. The zero-order valence-corrected chi connectivity index (χ0v) is 17.4. The van der Waals surface area contributed by atoms with Gasteiger partial charge in [-0.15, -0.1) is 0 Å². The number of aryl methyl sites for hydroxylation is 1. The first kappa shape index (κ1) is 21.9. The number of halogens is 1. The average molecular weight is 402 g/mol. The molecule has 1 atom stereocenters. The smallest absolute Gasteiger partial charge is 0.251 e. The number of nitrogens with one attached hydrogen (secondary N) is 2. The maximum absolute atomic E-state index is 12.3. The van der Waals surface area contributed by atoms with Crippen molar-refractivity contribution < 1.29 is 9.59 Å². The Kier molecular flexibility index (Phi) is 8.48. The van der Waals surface area contributed by atoms with Gasteiger partial charge in [0, 0.05) is 17.1 Å². The number of nitrogens with zero attached hydrogens (tertiary/aromatic N) is 1. The van der Waals surface area contributed by atoms with Crippen molar-refractivity contribution in [1.29, 1.82) is 0 Å². The quantitative estimate of drug-likeness (QED) is 0.675. The van der Waals surface area contributed by atoms with Gasteiger partial charge in [-0.25, -0.2) is 0 Å². The number of hydrogen-bond acceptors (Lipinski definition) is 3. The number of hydrogen-bond donors (Lipinski definition) is 2. The summed E-state index contributed by atoms with van der Waals surface area (Å²) in [5.74, 6) is -0.494. The van der Waals surface area contributed by atoms with Gasteiger partial charge in [-0.3, -0.25) is 14.5 Å². The highest BCUT2D eigenvalue weighted by Gasteiger charge is 2.21. The lowest BCUT2D eigenvalue weighted by Gasteiger charge is -2.31. The van der Waals surface area contributed by atoms with Crippen LogP contribution in [0.2, 0.25) is 5.02 Å². The SMILES string of the molecule is CCN(CC)C(CNC(=O)CNC(=O)c1ccc(C)cc1)c1ccccc1Cl. The Morgan fingerprint density at radius 2 is 1.64 bits per heavy atom. The Morgan fingerprint density at radius 3 is 2.25 bits per heavy atom. The van der Waals surface area contributed by atoms with Gasteiger partial charge in [-0.1, -0.05) is 61.3 Å². The molecule has 0 aliphatic rings. The van der Waals surface area contributed by atoms with E-state index < -0.39 is 0 Å². The number of benzene rings is 2. The van der Waals surface area contributed by atoms with Crippen LogP contribution < -0.4 is 10.6 Å². The average Bonchev–Trinajstić information content (AvgIpc) is 2.70. The molecule has 0 radical (unpaired) electrons. The van der Waals surface area contributed by atoms with Gasteiger partial charge in [0.05, 0.1) is 12.6 Å². The summed E-state index contributed by atoms with van der Waals surface area (Å²) in [6.07, 6.45) is 0. The predicted molar refractivity (Wildman–Crippen MR) is 114 cm³/mol. The molecule has 0 saturated carbocycles. The standard InChI is InChI=1S/C22H28ClN3O2/c1-4-26(5-2)20(18-8-6-7-9-19(18)23)14-24-21(27)15-25-22(28)17-12-10-16(3)11-13-17/h6-13,20H,4-5,14-15H2,1-3H3,(H,24,27)(H,25,28). The topological polar surface area (TPSA) is 61.4 Å². The molecular formula is C22H28ClN3O2. The second-order valence-corrected chi connectivity index (χ2v) is 7.02. The van der Waals surface area contributed by atoms with Gasteiger partial charge in [-0.05, 0) is 43.8 Å². The zero-order valence-electron chi connectivity index (χ0n) is 16.7. The summed E-state index contributed by atoms with van der Waals surface area (Å²) in [5.41, 5.74) is 2.60. The Labute approximate surface area is 172 Å². The fourth-order valence-electron chi connectivity index (χ4n) is 3.09. The first-order valence-corrected chi connectivity index (χ1v) is 9.94. The Morgan fingerprint density at radius 1 is 1.00 bits per heavy atom. The van der Waals surface area contributed by atoms with E-state index in [1.807, 2.05) is 43.3 Å². The van der Waals surface area contributed by atoms with E-state index >= 15 is 0 Å². The summed E-state index contributed by atoms with van der Waals surface area (Å²) < 4.78 is 0. The van der Waals surface area contributed by atoms with Crippen molar-refractivity contribution in [3.8, 4) is 0 Å². The van der Waals surface area contributed by atoms with Crippen molar-refractivity contribution in [2.45, 2.75) is 26.8 Å². The van der Waals surface area contributed by atoms with Gasteiger partial charge in [0.15, 0.2) is 0 Å². The van der Waals surface area contributed by atoms with Crippen LogP contribution in [0.1, 0.15) is 41.4 Å². The third-order valence-corrected chi connectivity index (χ3v) is 5.08. The van der Waals surface area contributed by atoms with Crippen molar-refractivity contribution in [2.75, 3.05) is 26.2 Å². The van der Waals surface area contributed by atoms with Gasteiger partial charge in [0.1, 0.15) is 0 Å². The maximum Gasteiger partial charge on any atom is 0.251 e. The number of carbonyl (C=O) groups excluding carboxylic acids is 2. The third-order valence-electron chi connectivity index (χ3n) is 4.73. The van der Waals surface area contributed by atoms with E-state index in [4.69, 9.17) is 11.6 Å². The number of rotatable bonds is 9. The molecule has 2 aromatic carbocycles. The molecule has 2 rings (SSSR count). The number of likely N-dealkylation sites (N-methyl/N-ethyl adjacent to an activating group) is 1. The predicted octanol–water partition coefficient (Wildman–Crippen LogP) is 3.58.